The zero-order valence-corrected chi connectivity index (χ0v) is 11.9. The first-order valence-electron chi connectivity index (χ1n) is 6.75. The second kappa shape index (κ2) is 6.22. The van der Waals surface area contributed by atoms with Gasteiger partial charge in [-0.3, -0.25) is 0 Å². The van der Waals surface area contributed by atoms with Crippen LogP contribution in [-0.2, 0) is 0 Å². The zero-order valence-electron chi connectivity index (χ0n) is 11.9. The van der Waals surface area contributed by atoms with E-state index in [1.807, 2.05) is 13.8 Å². The Balaban J connectivity index is 0.000000774. The van der Waals surface area contributed by atoms with Crippen LogP contribution in [0.3, 0.4) is 0 Å². The highest BCUT2D eigenvalue weighted by Crippen LogP contribution is 2.29. The van der Waals surface area contributed by atoms with Crippen LogP contribution in [0.2, 0.25) is 0 Å². The lowest BCUT2D eigenvalue weighted by atomic mass is 10.0. The van der Waals surface area contributed by atoms with Crippen LogP contribution in [0, 0.1) is 5.82 Å². The number of rotatable bonds is 2. The van der Waals surface area contributed by atoms with Gasteiger partial charge in [-0.1, -0.05) is 32.0 Å². The molecule has 0 aliphatic carbocycles. The number of aromatic nitrogens is 1. The molecule has 0 radical (unpaired) electrons. The van der Waals surface area contributed by atoms with Crippen LogP contribution >= 0.6 is 0 Å². The van der Waals surface area contributed by atoms with E-state index in [1.165, 1.54) is 12.1 Å². The number of aromatic amines is 1. The number of nitrogens with one attached hydrogen (secondary N) is 1. The molecule has 0 unspecified atom stereocenters. The van der Waals surface area contributed by atoms with Crippen molar-refractivity contribution in [1.82, 2.24) is 4.98 Å². The number of benzene rings is 2. The minimum atomic E-state index is -0.958. The van der Waals surface area contributed by atoms with Gasteiger partial charge in [0.15, 0.2) is 0 Å². The lowest BCUT2D eigenvalue weighted by molar-refractivity contribution is 0.0697. The Kier molecular flexibility index (Phi) is 4.38. The second-order valence-corrected chi connectivity index (χ2v) is 4.27. The minimum absolute atomic E-state index is 0.236. The highest BCUT2D eigenvalue weighted by atomic mass is 19.1. The van der Waals surface area contributed by atoms with Gasteiger partial charge in [0.1, 0.15) is 5.82 Å². The molecule has 0 fully saturated rings. The fourth-order valence-corrected chi connectivity index (χ4v) is 2.13. The van der Waals surface area contributed by atoms with E-state index in [2.05, 4.69) is 4.98 Å². The first kappa shape index (κ1) is 14.8. The molecule has 3 rings (SSSR count). The fourth-order valence-electron chi connectivity index (χ4n) is 2.13. The third kappa shape index (κ3) is 2.94. The van der Waals surface area contributed by atoms with Crippen molar-refractivity contribution in [3.05, 3.63) is 60.0 Å². The number of halogens is 1. The van der Waals surface area contributed by atoms with Crippen LogP contribution in [0.4, 0.5) is 4.39 Å². The number of H-pyrrole nitrogens is 1. The highest BCUT2D eigenvalue weighted by molar-refractivity contribution is 5.99. The molecule has 0 saturated carbocycles. The standard InChI is InChI=1S/C15H10FNO2.C2H6/c16-11-4-1-9(2-5-11)13-8-17-14-7-10(15(18)19)3-6-12(13)14;1-2/h1-8,17H,(H,18,19);1-2H3. The summed E-state index contributed by atoms with van der Waals surface area (Å²) < 4.78 is 12.9. The maximum Gasteiger partial charge on any atom is 0.335 e. The molecule has 0 aliphatic heterocycles. The summed E-state index contributed by atoms with van der Waals surface area (Å²) in [7, 11) is 0. The molecule has 3 aromatic rings. The summed E-state index contributed by atoms with van der Waals surface area (Å²) in [6.07, 6.45) is 1.80. The third-order valence-electron chi connectivity index (χ3n) is 3.08. The van der Waals surface area contributed by atoms with Crippen LogP contribution in [0.15, 0.2) is 48.7 Å². The Bertz CT molecular complexity index is 760. The number of hydrogen-bond donors (Lipinski definition) is 2. The van der Waals surface area contributed by atoms with Crippen LogP contribution < -0.4 is 0 Å². The Morgan fingerprint density at radius 2 is 1.76 bits per heavy atom. The summed E-state index contributed by atoms with van der Waals surface area (Å²) in [6.45, 7) is 4.00. The van der Waals surface area contributed by atoms with Gasteiger partial charge in [0.25, 0.3) is 0 Å². The molecule has 4 heteroatoms. The Morgan fingerprint density at radius 1 is 1.10 bits per heavy atom. The molecule has 1 heterocycles. The average Bonchev–Trinajstić information content (AvgIpc) is 2.93. The molecule has 0 bridgehead atoms. The number of hydrogen-bond acceptors (Lipinski definition) is 1. The van der Waals surface area contributed by atoms with E-state index in [9.17, 15) is 9.18 Å². The largest absolute Gasteiger partial charge is 0.478 e. The van der Waals surface area contributed by atoms with E-state index in [1.54, 1.807) is 36.5 Å². The Morgan fingerprint density at radius 3 is 2.38 bits per heavy atom. The Hall–Kier alpha value is -2.62. The predicted molar refractivity (Wildman–Crippen MR) is 82.0 cm³/mol. The van der Waals surface area contributed by atoms with E-state index in [4.69, 9.17) is 5.11 Å². The van der Waals surface area contributed by atoms with Gasteiger partial charge >= 0.3 is 5.97 Å². The van der Waals surface area contributed by atoms with E-state index >= 15 is 0 Å². The molecule has 0 amide bonds. The second-order valence-electron chi connectivity index (χ2n) is 4.27. The maximum atomic E-state index is 12.9. The maximum absolute atomic E-state index is 12.9. The molecule has 2 N–H and O–H groups in total. The van der Waals surface area contributed by atoms with E-state index in [0.717, 1.165) is 22.0 Å². The van der Waals surface area contributed by atoms with E-state index in [-0.39, 0.29) is 11.4 Å². The molecule has 0 aliphatic rings. The molecule has 0 saturated heterocycles. The van der Waals surface area contributed by atoms with Crippen LogP contribution in [0.1, 0.15) is 24.2 Å². The molecule has 21 heavy (non-hydrogen) atoms. The normalized spacial score (nSPS) is 10.0. The summed E-state index contributed by atoms with van der Waals surface area (Å²) in [4.78, 5) is 13.9. The molecule has 1 aromatic heterocycles. The molecule has 2 aromatic carbocycles. The van der Waals surface area contributed by atoms with Crippen LogP contribution in [0.5, 0.6) is 0 Å². The lowest BCUT2D eigenvalue weighted by Crippen LogP contribution is -1.94. The van der Waals surface area contributed by atoms with Crippen molar-refractivity contribution < 1.29 is 14.3 Å². The average molecular weight is 285 g/mol. The first-order valence-corrected chi connectivity index (χ1v) is 6.75. The van der Waals surface area contributed by atoms with Gasteiger partial charge < -0.3 is 10.1 Å². The molecular formula is C17H16FNO2. The van der Waals surface area contributed by atoms with Gasteiger partial charge in [-0.15, -0.1) is 0 Å². The van der Waals surface area contributed by atoms with Gasteiger partial charge in [-0.25, -0.2) is 9.18 Å². The third-order valence-corrected chi connectivity index (χ3v) is 3.08. The number of carbonyl (C=O) groups is 1. The van der Waals surface area contributed by atoms with Crippen molar-refractivity contribution in [3.63, 3.8) is 0 Å². The zero-order chi connectivity index (χ0) is 15.4. The molecule has 0 spiro atoms. The van der Waals surface area contributed by atoms with Gasteiger partial charge in [-0.05, 0) is 29.8 Å². The van der Waals surface area contributed by atoms with Crippen molar-refractivity contribution in [2.45, 2.75) is 13.8 Å². The van der Waals surface area contributed by atoms with Gasteiger partial charge in [-0.2, -0.15) is 0 Å². The molecule has 3 nitrogen and oxygen atoms in total. The van der Waals surface area contributed by atoms with Crippen LogP contribution in [0.25, 0.3) is 22.0 Å². The highest BCUT2D eigenvalue weighted by Gasteiger charge is 2.09. The summed E-state index contributed by atoms with van der Waals surface area (Å²) in [5.41, 5.74) is 2.79. The summed E-state index contributed by atoms with van der Waals surface area (Å²) >= 11 is 0. The van der Waals surface area contributed by atoms with Gasteiger partial charge in [0.05, 0.1) is 5.56 Å². The number of carboxylic acid groups (broad SMARTS) is 1. The van der Waals surface area contributed by atoms with Crippen molar-refractivity contribution in [2.75, 3.05) is 0 Å². The SMILES string of the molecule is CC.O=C(O)c1ccc2c(-c3ccc(F)cc3)c[nH]c2c1. The summed E-state index contributed by atoms with van der Waals surface area (Å²) in [5.74, 6) is -1.24. The Labute approximate surface area is 122 Å². The van der Waals surface area contributed by atoms with Crippen molar-refractivity contribution >= 4 is 16.9 Å². The first-order chi connectivity index (χ1) is 10.1. The number of aromatic carboxylic acids is 1. The molecular weight excluding hydrogens is 269 g/mol. The predicted octanol–water partition coefficient (Wildman–Crippen LogP) is 4.70. The smallest absolute Gasteiger partial charge is 0.335 e. The minimum Gasteiger partial charge on any atom is -0.478 e. The summed E-state index contributed by atoms with van der Waals surface area (Å²) in [6, 6.07) is 11.1. The fraction of sp³-hybridized carbons (Fsp3) is 0.118. The lowest BCUT2D eigenvalue weighted by Gasteiger charge is -2.00. The van der Waals surface area contributed by atoms with E-state index < -0.39 is 5.97 Å². The van der Waals surface area contributed by atoms with Crippen LogP contribution in [-0.4, -0.2) is 16.1 Å². The molecule has 0 atom stereocenters. The molecule has 108 valence electrons. The number of fused-ring (bicyclic) bond motifs is 1. The quantitative estimate of drug-likeness (QED) is 0.717. The topological polar surface area (TPSA) is 53.1 Å². The van der Waals surface area contributed by atoms with Crippen molar-refractivity contribution in [1.29, 1.82) is 0 Å². The van der Waals surface area contributed by atoms with Gasteiger partial charge in [0.2, 0.25) is 0 Å². The van der Waals surface area contributed by atoms with E-state index in [0.29, 0.717) is 0 Å². The van der Waals surface area contributed by atoms with Crippen molar-refractivity contribution in [3.8, 4) is 11.1 Å². The monoisotopic (exact) mass is 285 g/mol. The van der Waals surface area contributed by atoms with Gasteiger partial charge in [0, 0.05) is 22.7 Å². The summed E-state index contributed by atoms with van der Waals surface area (Å²) in [5, 5.41) is 9.86. The number of carboxylic acids is 1. The van der Waals surface area contributed by atoms with Crippen molar-refractivity contribution in [2.24, 2.45) is 0 Å².